The van der Waals surface area contributed by atoms with Crippen molar-refractivity contribution >= 4 is 27.3 Å². The summed E-state index contributed by atoms with van der Waals surface area (Å²) in [5.41, 5.74) is 0.407. The zero-order valence-corrected chi connectivity index (χ0v) is 13.1. The highest BCUT2D eigenvalue weighted by Gasteiger charge is 2.10. The molecule has 1 aromatic carbocycles. The van der Waals surface area contributed by atoms with E-state index in [4.69, 9.17) is 5.14 Å². The first-order chi connectivity index (χ1) is 9.86. The zero-order valence-electron chi connectivity index (χ0n) is 11.5. The molecule has 2 aromatic rings. The van der Waals surface area contributed by atoms with Gasteiger partial charge in [0.1, 0.15) is 0 Å². The van der Waals surface area contributed by atoms with Crippen molar-refractivity contribution < 1.29 is 13.2 Å². The van der Waals surface area contributed by atoms with Gasteiger partial charge in [-0.15, -0.1) is 11.3 Å². The van der Waals surface area contributed by atoms with Crippen molar-refractivity contribution in [2.75, 3.05) is 6.54 Å². The van der Waals surface area contributed by atoms with E-state index in [9.17, 15) is 13.2 Å². The van der Waals surface area contributed by atoms with Crippen LogP contribution in [-0.4, -0.2) is 20.9 Å². The molecule has 0 aliphatic heterocycles. The van der Waals surface area contributed by atoms with Gasteiger partial charge in [0.25, 0.3) is 5.91 Å². The average molecular weight is 324 g/mol. The lowest BCUT2D eigenvalue weighted by atomic mass is 10.2. The number of carbonyl (C=O) groups excluding carboxylic acids is 1. The van der Waals surface area contributed by atoms with Crippen LogP contribution in [0.2, 0.25) is 0 Å². The molecule has 0 bridgehead atoms. The number of carbonyl (C=O) groups is 1. The second-order valence-electron chi connectivity index (χ2n) is 4.59. The summed E-state index contributed by atoms with van der Waals surface area (Å²) in [7, 11) is -3.73. The van der Waals surface area contributed by atoms with Gasteiger partial charge in [0.05, 0.1) is 4.90 Å². The van der Waals surface area contributed by atoms with Crippen molar-refractivity contribution in [2.24, 2.45) is 5.14 Å². The molecule has 1 aromatic heterocycles. The quantitative estimate of drug-likeness (QED) is 0.877. The number of benzene rings is 1. The minimum atomic E-state index is -3.73. The Labute approximate surface area is 127 Å². The Kier molecular flexibility index (Phi) is 4.76. The molecule has 0 saturated heterocycles. The number of aryl methyl sites for hydroxylation is 1. The number of thiophene rings is 1. The lowest BCUT2D eigenvalue weighted by molar-refractivity contribution is 0.0954. The number of nitrogens with one attached hydrogen (secondary N) is 1. The molecule has 0 fully saturated rings. The van der Waals surface area contributed by atoms with Gasteiger partial charge < -0.3 is 5.32 Å². The van der Waals surface area contributed by atoms with Gasteiger partial charge in [-0.25, -0.2) is 13.6 Å². The van der Waals surface area contributed by atoms with Crippen LogP contribution in [0.4, 0.5) is 0 Å². The van der Waals surface area contributed by atoms with E-state index in [2.05, 4.69) is 5.32 Å². The van der Waals surface area contributed by atoms with Crippen molar-refractivity contribution in [3.8, 4) is 0 Å². The van der Waals surface area contributed by atoms with Crippen molar-refractivity contribution in [1.82, 2.24) is 5.32 Å². The standard InChI is InChI=1S/C14H16N2O3S2/c1-10-2-5-12(20-10)8-9-16-14(17)11-3-6-13(7-4-11)21(15,18)19/h2-7H,8-9H2,1H3,(H,16,17)(H2,15,18,19). The summed E-state index contributed by atoms with van der Waals surface area (Å²) in [6, 6.07) is 9.65. The van der Waals surface area contributed by atoms with Crippen LogP contribution in [0, 0.1) is 6.92 Å². The smallest absolute Gasteiger partial charge is 0.251 e. The van der Waals surface area contributed by atoms with E-state index < -0.39 is 10.0 Å². The first kappa shape index (κ1) is 15.7. The number of hydrogen-bond donors (Lipinski definition) is 2. The van der Waals surface area contributed by atoms with Gasteiger partial charge in [0.15, 0.2) is 0 Å². The van der Waals surface area contributed by atoms with E-state index in [1.165, 1.54) is 34.0 Å². The van der Waals surface area contributed by atoms with Crippen LogP contribution >= 0.6 is 11.3 Å². The molecular weight excluding hydrogens is 308 g/mol. The fourth-order valence-electron chi connectivity index (χ4n) is 1.82. The summed E-state index contributed by atoms with van der Waals surface area (Å²) in [4.78, 5) is 14.4. The van der Waals surface area contributed by atoms with E-state index >= 15 is 0 Å². The fourth-order valence-corrected chi connectivity index (χ4v) is 3.22. The fraction of sp³-hybridized carbons (Fsp3) is 0.214. The van der Waals surface area contributed by atoms with E-state index in [1.807, 2.05) is 19.1 Å². The minimum absolute atomic E-state index is 0.00638. The molecule has 0 spiro atoms. The van der Waals surface area contributed by atoms with Gasteiger partial charge >= 0.3 is 0 Å². The first-order valence-electron chi connectivity index (χ1n) is 6.32. The molecule has 21 heavy (non-hydrogen) atoms. The first-order valence-corrected chi connectivity index (χ1v) is 8.69. The van der Waals surface area contributed by atoms with Crippen LogP contribution < -0.4 is 10.5 Å². The maximum Gasteiger partial charge on any atom is 0.251 e. The molecule has 1 heterocycles. The van der Waals surface area contributed by atoms with Gasteiger partial charge in [-0.1, -0.05) is 0 Å². The lowest BCUT2D eigenvalue weighted by Crippen LogP contribution is -2.25. The number of nitrogens with two attached hydrogens (primary N) is 1. The Bertz CT molecular complexity index is 734. The Morgan fingerprint density at radius 3 is 2.38 bits per heavy atom. The summed E-state index contributed by atoms with van der Waals surface area (Å²) in [5.74, 6) is -0.232. The third-order valence-electron chi connectivity index (χ3n) is 2.90. The molecule has 1 amide bonds. The number of amides is 1. The van der Waals surface area contributed by atoms with Crippen LogP contribution in [0.5, 0.6) is 0 Å². The number of hydrogen-bond acceptors (Lipinski definition) is 4. The molecule has 5 nitrogen and oxygen atoms in total. The van der Waals surface area contributed by atoms with Crippen LogP contribution in [0.15, 0.2) is 41.3 Å². The molecule has 2 rings (SSSR count). The Hall–Kier alpha value is -1.70. The topological polar surface area (TPSA) is 89.3 Å². The molecule has 0 aliphatic carbocycles. The van der Waals surface area contributed by atoms with Crippen molar-refractivity contribution in [3.63, 3.8) is 0 Å². The molecule has 0 unspecified atom stereocenters. The van der Waals surface area contributed by atoms with E-state index in [1.54, 1.807) is 11.3 Å². The Balaban J connectivity index is 1.91. The largest absolute Gasteiger partial charge is 0.352 e. The van der Waals surface area contributed by atoms with E-state index in [-0.39, 0.29) is 10.8 Å². The van der Waals surface area contributed by atoms with Crippen molar-refractivity contribution in [3.05, 3.63) is 51.7 Å². The number of primary sulfonamides is 1. The molecule has 0 atom stereocenters. The van der Waals surface area contributed by atoms with Gasteiger partial charge in [0, 0.05) is 21.9 Å². The van der Waals surface area contributed by atoms with E-state index in [0.29, 0.717) is 12.1 Å². The number of rotatable bonds is 5. The average Bonchev–Trinajstić information content (AvgIpc) is 2.83. The minimum Gasteiger partial charge on any atom is -0.352 e. The molecule has 0 aliphatic rings. The molecule has 3 N–H and O–H groups in total. The predicted octanol–water partition coefficient (Wildman–Crippen LogP) is 1.68. The molecular formula is C14H16N2O3S2. The zero-order chi connectivity index (χ0) is 15.5. The van der Waals surface area contributed by atoms with Gasteiger partial charge in [-0.2, -0.15) is 0 Å². The Morgan fingerprint density at radius 1 is 1.19 bits per heavy atom. The Morgan fingerprint density at radius 2 is 1.86 bits per heavy atom. The number of sulfonamides is 1. The predicted molar refractivity (Wildman–Crippen MR) is 82.9 cm³/mol. The summed E-state index contributed by atoms with van der Waals surface area (Å²) >= 11 is 1.71. The summed E-state index contributed by atoms with van der Waals surface area (Å²) in [5, 5.41) is 7.80. The summed E-state index contributed by atoms with van der Waals surface area (Å²) < 4.78 is 22.2. The normalized spacial score (nSPS) is 11.3. The third kappa shape index (κ3) is 4.38. The van der Waals surface area contributed by atoms with Crippen LogP contribution in [0.25, 0.3) is 0 Å². The SMILES string of the molecule is Cc1ccc(CCNC(=O)c2ccc(S(N)(=O)=O)cc2)s1. The highest BCUT2D eigenvalue weighted by molar-refractivity contribution is 7.89. The van der Waals surface area contributed by atoms with Crippen molar-refractivity contribution in [1.29, 1.82) is 0 Å². The lowest BCUT2D eigenvalue weighted by Gasteiger charge is -2.05. The van der Waals surface area contributed by atoms with Gasteiger partial charge in [-0.3, -0.25) is 4.79 Å². The monoisotopic (exact) mass is 324 g/mol. The second-order valence-corrected chi connectivity index (χ2v) is 7.52. The maximum atomic E-state index is 11.9. The summed E-state index contributed by atoms with van der Waals surface area (Å²) in [6.07, 6.45) is 0.777. The van der Waals surface area contributed by atoms with Crippen LogP contribution in [0.3, 0.4) is 0 Å². The van der Waals surface area contributed by atoms with Gasteiger partial charge in [0.2, 0.25) is 10.0 Å². The van der Waals surface area contributed by atoms with E-state index in [0.717, 1.165) is 6.42 Å². The second kappa shape index (κ2) is 6.38. The van der Waals surface area contributed by atoms with Crippen molar-refractivity contribution in [2.45, 2.75) is 18.2 Å². The summed E-state index contributed by atoms with van der Waals surface area (Å²) in [6.45, 7) is 2.58. The van der Waals surface area contributed by atoms with Crippen LogP contribution in [-0.2, 0) is 16.4 Å². The van der Waals surface area contributed by atoms with Gasteiger partial charge in [-0.05, 0) is 49.7 Å². The highest BCUT2D eigenvalue weighted by Crippen LogP contribution is 2.15. The molecule has 112 valence electrons. The molecule has 0 radical (unpaired) electrons. The van der Waals surface area contributed by atoms with Crippen LogP contribution in [0.1, 0.15) is 20.1 Å². The third-order valence-corrected chi connectivity index (χ3v) is 4.89. The molecule has 7 heteroatoms. The highest BCUT2D eigenvalue weighted by atomic mass is 32.2. The molecule has 0 saturated carbocycles. The maximum absolute atomic E-state index is 11.9.